The molecule has 1 N–H and O–H groups in total. The van der Waals surface area contributed by atoms with E-state index >= 15 is 0 Å². The van der Waals surface area contributed by atoms with Gasteiger partial charge in [0.2, 0.25) is 0 Å². The molecule has 0 aliphatic rings. The van der Waals surface area contributed by atoms with Crippen LogP contribution in [0.25, 0.3) is 5.65 Å². The summed E-state index contributed by atoms with van der Waals surface area (Å²) in [5, 5.41) is 16.8. The van der Waals surface area contributed by atoms with E-state index in [2.05, 4.69) is 15.2 Å². The largest absolute Gasteiger partial charge is 0.481 e. The van der Waals surface area contributed by atoms with Crippen molar-refractivity contribution in [1.82, 2.24) is 9.38 Å². The first-order valence-electron chi connectivity index (χ1n) is 6.49. The minimum absolute atomic E-state index is 0.0784. The average Bonchev–Trinajstić information content (AvgIpc) is 2.83. The highest BCUT2D eigenvalue weighted by molar-refractivity contribution is 5.72. The lowest BCUT2D eigenvalue weighted by atomic mass is 10.3. The fourth-order valence-corrected chi connectivity index (χ4v) is 2.03. The topological polar surface area (TPSA) is 79.3 Å². The van der Waals surface area contributed by atoms with Crippen LogP contribution in [0.3, 0.4) is 0 Å². The Morgan fingerprint density at radius 2 is 1.95 bits per heavy atom. The van der Waals surface area contributed by atoms with E-state index in [1.165, 1.54) is 12.1 Å². The summed E-state index contributed by atoms with van der Waals surface area (Å²) in [5.74, 6) is -1.24. The molecule has 2 heterocycles. The van der Waals surface area contributed by atoms with E-state index in [0.29, 0.717) is 5.65 Å². The van der Waals surface area contributed by atoms with Crippen molar-refractivity contribution in [2.45, 2.75) is 6.42 Å². The summed E-state index contributed by atoms with van der Waals surface area (Å²) in [5.41, 5.74) is 0.912. The molecule has 0 aliphatic heterocycles. The molecule has 0 aliphatic carbocycles. The molecule has 0 saturated carbocycles. The molecule has 6 nitrogen and oxygen atoms in total. The summed E-state index contributed by atoms with van der Waals surface area (Å²) in [7, 11) is 0. The van der Waals surface area contributed by atoms with E-state index < -0.39 is 11.8 Å². The molecule has 2 aromatic heterocycles. The number of rotatable bonds is 4. The van der Waals surface area contributed by atoms with Crippen LogP contribution < -0.4 is 0 Å². The monoisotopic (exact) mass is 298 g/mol. The van der Waals surface area contributed by atoms with E-state index in [1.54, 1.807) is 40.9 Å². The number of fused-ring (bicyclic) bond motifs is 1. The van der Waals surface area contributed by atoms with Crippen LogP contribution in [0.2, 0.25) is 0 Å². The minimum atomic E-state index is -1.02. The highest BCUT2D eigenvalue weighted by Gasteiger charge is 2.14. The molecule has 22 heavy (non-hydrogen) atoms. The molecule has 0 bridgehead atoms. The second-order valence-corrected chi connectivity index (χ2v) is 4.53. The van der Waals surface area contributed by atoms with Crippen LogP contribution in [0.1, 0.15) is 5.69 Å². The van der Waals surface area contributed by atoms with Gasteiger partial charge in [0.05, 0.1) is 12.1 Å². The van der Waals surface area contributed by atoms with Crippen LogP contribution in [0.5, 0.6) is 0 Å². The average molecular weight is 298 g/mol. The standard InChI is InChI=1S/C15H11FN4O2/c16-10-5-1-2-6-11(10)18-19-15-12(9-14(21)22)17-13-7-3-4-8-20(13)15/h1-8H,9H2,(H,21,22). The number of carboxylic acids is 1. The lowest BCUT2D eigenvalue weighted by Crippen LogP contribution is -2.00. The van der Waals surface area contributed by atoms with E-state index in [4.69, 9.17) is 5.11 Å². The first-order valence-corrected chi connectivity index (χ1v) is 6.49. The van der Waals surface area contributed by atoms with Gasteiger partial charge in [-0.3, -0.25) is 9.20 Å². The zero-order valence-corrected chi connectivity index (χ0v) is 11.3. The zero-order valence-electron chi connectivity index (χ0n) is 11.3. The molecule has 1 aromatic carbocycles. The van der Waals surface area contributed by atoms with E-state index in [-0.39, 0.29) is 23.6 Å². The third-order valence-electron chi connectivity index (χ3n) is 3.00. The smallest absolute Gasteiger partial charge is 0.309 e. The second-order valence-electron chi connectivity index (χ2n) is 4.53. The molecule has 0 fully saturated rings. The van der Waals surface area contributed by atoms with Gasteiger partial charge in [0, 0.05) is 6.20 Å². The van der Waals surface area contributed by atoms with Gasteiger partial charge < -0.3 is 5.11 Å². The van der Waals surface area contributed by atoms with Gasteiger partial charge in [0.25, 0.3) is 0 Å². The summed E-state index contributed by atoms with van der Waals surface area (Å²) in [6.45, 7) is 0. The highest BCUT2D eigenvalue weighted by atomic mass is 19.1. The third kappa shape index (κ3) is 2.69. The van der Waals surface area contributed by atoms with Crippen LogP contribution in [0, 0.1) is 5.82 Å². The zero-order chi connectivity index (χ0) is 15.5. The predicted octanol–water partition coefficient (Wildman–Crippen LogP) is 3.52. The van der Waals surface area contributed by atoms with Gasteiger partial charge in [0.15, 0.2) is 11.6 Å². The van der Waals surface area contributed by atoms with Crippen molar-refractivity contribution in [3.63, 3.8) is 0 Å². The lowest BCUT2D eigenvalue weighted by Gasteiger charge is -1.97. The highest BCUT2D eigenvalue weighted by Crippen LogP contribution is 2.25. The number of carbonyl (C=O) groups is 1. The molecular formula is C15H11FN4O2. The Bertz CT molecular complexity index is 873. The molecule has 0 radical (unpaired) electrons. The number of imidazole rings is 1. The van der Waals surface area contributed by atoms with Crippen LogP contribution in [-0.2, 0) is 11.2 Å². The summed E-state index contributed by atoms with van der Waals surface area (Å²) in [4.78, 5) is 15.2. The number of hydrogen-bond acceptors (Lipinski definition) is 4. The van der Waals surface area contributed by atoms with Crippen molar-refractivity contribution in [2.75, 3.05) is 0 Å². The molecule has 0 atom stereocenters. The number of halogens is 1. The normalized spacial score (nSPS) is 11.3. The number of azo groups is 1. The predicted molar refractivity (Wildman–Crippen MR) is 77.1 cm³/mol. The Hall–Kier alpha value is -3.09. The summed E-state index contributed by atoms with van der Waals surface area (Å²) < 4.78 is 15.2. The number of benzene rings is 1. The third-order valence-corrected chi connectivity index (χ3v) is 3.00. The summed E-state index contributed by atoms with van der Waals surface area (Å²) in [6.07, 6.45) is 1.41. The number of carboxylic acid groups (broad SMARTS) is 1. The Morgan fingerprint density at radius 1 is 1.18 bits per heavy atom. The minimum Gasteiger partial charge on any atom is -0.481 e. The van der Waals surface area contributed by atoms with Crippen molar-refractivity contribution in [3.8, 4) is 0 Å². The van der Waals surface area contributed by atoms with Crippen molar-refractivity contribution < 1.29 is 14.3 Å². The van der Waals surface area contributed by atoms with Crippen molar-refractivity contribution in [2.24, 2.45) is 10.2 Å². The molecular weight excluding hydrogens is 287 g/mol. The van der Waals surface area contributed by atoms with Crippen LogP contribution >= 0.6 is 0 Å². The molecule has 0 spiro atoms. The Kier molecular flexibility index (Phi) is 3.61. The molecule has 3 aromatic rings. The van der Waals surface area contributed by atoms with Crippen molar-refractivity contribution in [3.05, 3.63) is 60.2 Å². The maximum Gasteiger partial charge on any atom is 0.309 e. The number of nitrogens with zero attached hydrogens (tertiary/aromatic N) is 4. The molecule has 0 saturated heterocycles. The van der Waals surface area contributed by atoms with Gasteiger partial charge in [-0.1, -0.05) is 18.2 Å². The Morgan fingerprint density at radius 3 is 2.73 bits per heavy atom. The van der Waals surface area contributed by atoms with Crippen molar-refractivity contribution >= 4 is 23.1 Å². The first kappa shape index (κ1) is 13.9. The second kappa shape index (κ2) is 5.72. The summed E-state index contributed by atoms with van der Waals surface area (Å²) >= 11 is 0. The van der Waals surface area contributed by atoms with Gasteiger partial charge in [0.1, 0.15) is 11.3 Å². The van der Waals surface area contributed by atoms with E-state index in [1.807, 2.05) is 0 Å². The lowest BCUT2D eigenvalue weighted by molar-refractivity contribution is -0.136. The van der Waals surface area contributed by atoms with Gasteiger partial charge >= 0.3 is 5.97 Å². The van der Waals surface area contributed by atoms with Gasteiger partial charge in [-0.2, -0.15) is 0 Å². The Labute approximate surface area is 124 Å². The van der Waals surface area contributed by atoms with Gasteiger partial charge in [-0.15, -0.1) is 10.2 Å². The number of pyridine rings is 1. The number of hydrogen-bond donors (Lipinski definition) is 1. The molecule has 0 amide bonds. The maximum absolute atomic E-state index is 13.6. The molecule has 7 heteroatoms. The fourth-order valence-electron chi connectivity index (χ4n) is 2.03. The SMILES string of the molecule is O=C(O)Cc1nc2ccccn2c1N=Nc1ccccc1F. The quantitative estimate of drug-likeness (QED) is 0.748. The molecule has 0 unspecified atom stereocenters. The van der Waals surface area contributed by atoms with Crippen LogP contribution in [0.15, 0.2) is 58.9 Å². The maximum atomic E-state index is 13.6. The van der Waals surface area contributed by atoms with Gasteiger partial charge in [-0.25, -0.2) is 9.37 Å². The summed E-state index contributed by atoms with van der Waals surface area (Å²) in [6, 6.07) is 11.2. The molecule has 110 valence electrons. The van der Waals surface area contributed by atoms with E-state index in [0.717, 1.165) is 0 Å². The van der Waals surface area contributed by atoms with Crippen molar-refractivity contribution in [1.29, 1.82) is 0 Å². The number of aromatic nitrogens is 2. The van der Waals surface area contributed by atoms with Crippen LogP contribution in [0.4, 0.5) is 15.9 Å². The first-order chi connectivity index (χ1) is 10.6. The Balaban J connectivity index is 2.08. The van der Waals surface area contributed by atoms with Crippen LogP contribution in [-0.4, -0.2) is 20.5 Å². The number of aliphatic carboxylic acids is 1. The molecule has 3 rings (SSSR count). The van der Waals surface area contributed by atoms with Gasteiger partial charge in [-0.05, 0) is 24.3 Å². The fraction of sp³-hybridized carbons (Fsp3) is 0.0667. The van der Waals surface area contributed by atoms with E-state index in [9.17, 15) is 9.18 Å².